The third kappa shape index (κ3) is 8.08. The number of rotatable bonds is 14. The summed E-state index contributed by atoms with van der Waals surface area (Å²) >= 11 is 3.39. The first-order chi connectivity index (χ1) is 19.2. The number of nitrogens with zero attached hydrogens (tertiary/aromatic N) is 2. The van der Waals surface area contributed by atoms with Gasteiger partial charge in [0.2, 0.25) is 11.8 Å². The monoisotopic (exact) mass is 629 g/mol. The third-order valence-corrected chi connectivity index (χ3v) is 8.74. The molecule has 3 rings (SSSR count). The summed E-state index contributed by atoms with van der Waals surface area (Å²) in [6, 6.07) is 21.2. The molecule has 40 heavy (non-hydrogen) atoms. The Morgan fingerprint density at radius 1 is 0.975 bits per heavy atom. The largest absolute Gasteiger partial charge is 0.497 e. The molecule has 1 atom stereocenters. The predicted octanol–water partition coefficient (Wildman–Crippen LogP) is 5.38. The first-order valence-electron chi connectivity index (χ1n) is 13.2. The van der Waals surface area contributed by atoms with Crippen molar-refractivity contribution < 1.29 is 22.7 Å². The van der Waals surface area contributed by atoms with Gasteiger partial charge in [0, 0.05) is 17.6 Å². The summed E-state index contributed by atoms with van der Waals surface area (Å²) in [5, 5.41) is 2.93. The van der Waals surface area contributed by atoms with Crippen LogP contribution in [0.4, 0.5) is 5.69 Å². The molecule has 0 radical (unpaired) electrons. The van der Waals surface area contributed by atoms with E-state index < -0.39 is 28.5 Å². The molecule has 1 N–H and O–H groups in total. The molecule has 10 heteroatoms. The first kappa shape index (κ1) is 31.2. The molecule has 3 aromatic carbocycles. The second-order valence-electron chi connectivity index (χ2n) is 9.24. The van der Waals surface area contributed by atoms with Crippen LogP contribution in [0.3, 0.4) is 0 Å². The molecule has 2 amide bonds. The molecule has 0 aliphatic carbocycles. The van der Waals surface area contributed by atoms with E-state index >= 15 is 0 Å². The van der Waals surface area contributed by atoms with Crippen LogP contribution in [-0.2, 0) is 26.2 Å². The molecular formula is C30H36BrN3O5S. The molecule has 0 aliphatic heterocycles. The fraction of sp³-hybridized carbons (Fsp3) is 0.333. The van der Waals surface area contributed by atoms with E-state index in [-0.39, 0.29) is 17.3 Å². The Labute approximate surface area is 245 Å². The van der Waals surface area contributed by atoms with Crippen molar-refractivity contribution in [3.05, 3.63) is 88.9 Å². The minimum absolute atomic E-state index is 0.0643. The predicted molar refractivity (Wildman–Crippen MR) is 161 cm³/mol. The maximum absolute atomic E-state index is 14.1. The van der Waals surface area contributed by atoms with Crippen molar-refractivity contribution in [2.24, 2.45) is 0 Å². The van der Waals surface area contributed by atoms with E-state index in [1.165, 1.54) is 17.0 Å². The molecule has 0 unspecified atom stereocenters. The lowest BCUT2D eigenvalue weighted by molar-refractivity contribution is -0.140. The van der Waals surface area contributed by atoms with Crippen LogP contribution in [-0.4, -0.2) is 51.4 Å². The second-order valence-corrected chi connectivity index (χ2v) is 12.0. The Bertz CT molecular complexity index is 1370. The van der Waals surface area contributed by atoms with Crippen molar-refractivity contribution in [3.63, 3.8) is 0 Å². The van der Waals surface area contributed by atoms with Gasteiger partial charge in [-0.25, -0.2) is 8.42 Å². The first-order valence-corrected chi connectivity index (χ1v) is 15.5. The Morgan fingerprint density at radius 3 is 2.30 bits per heavy atom. The summed E-state index contributed by atoms with van der Waals surface area (Å²) < 4.78 is 34.8. The Balaban J connectivity index is 2.02. The van der Waals surface area contributed by atoms with Gasteiger partial charge in [-0.3, -0.25) is 13.9 Å². The number of methoxy groups -OCH3 is 1. The Hall–Kier alpha value is -3.37. The average Bonchev–Trinajstić information content (AvgIpc) is 2.97. The van der Waals surface area contributed by atoms with E-state index in [0.29, 0.717) is 24.4 Å². The molecule has 0 heterocycles. The molecule has 0 aliphatic rings. The van der Waals surface area contributed by atoms with Crippen molar-refractivity contribution in [1.29, 1.82) is 0 Å². The number of anilines is 1. The standard InChI is InChI=1S/C30H36BrN3O5S/c1-4-6-19-32-30(36)28(5-2)33(21-23-11-10-12-26(20-23)39-3)29(35)22-34(25-17-15-24(31)16-18-25)40(37,38)27-13-8-7-9-14-27/h7-18,20,28H,4-6,19,21-22H2,1-3H3,(H,32,36)/t28-/m0/s1. The summed E-state index contributed by atoms with van der Waals surface area (Å²) in [5.41, 5.74) is 1.09. The van der Waals surface area contributed by atoms with E-state index in [4.69, 9.17) is 4.74 Å². The second kappa shape index (κ2) is 14.9. The zero-order chi connectivity index (χ0) is 29.1. The number of halogens is 1. The van der Waals surface area contributed by atoms with Crippen LogP contribution in [0.25, 0.3) is 0 Å². The lowest BCUT2D eigenvalue weighted by atomic mass is 10.1. The number of ether oxygens (including phenoxy) is 1. The van der Waals surface area contributed by atoms with Crippen molar-refractivity contribution >= 4 is 43.5 Å². The van der Waals surface area contributed by atoms with Crippen LogP contribution in [0.15, 0.2) is 88.2 Å². The summed E-state index contributed by atoms with van der Waals surface area (Å²) in [7, 11) is -2.54. The number of hydrogen-bond donors (Lipinski definition) is 1. The summed E-state index contributed by atoms with van der Waals surface area (Å²) in [6.07, 6.45) is 2.10. The van der Waals surface area contributed by atoms with Crippen molar-refractivity contribution in [1.82, 2.24) is 10.2 Å². The van der Waals surface area contributed by atoms with Gasteiger partial charge in [-0.05, 0) is 66.9 Å². The Morgan fingerprint density at radius 2 is 1.68 bits per heavy atom. The normalized spacial score (nSPS) is 11.9. The fourth-order valence-electron chi connectivity index (χ4n) is 4.25. The van der Waals surface area contributed by atoms with Crippen LogP contribution in [0.2, 0.25) is 0 Å². The molecule has 214 valence electrons. The number of hydrogen-bond acceptors (Lipinski definition) is 5. The zero-order valence-electron chi connectivity index (χ0n) is 23.0. The highest BCUT2D eigenvalue weighted by Crippen LogP contribution is 2.26. The minimum atomic E-state index is -4.10. The molecule has 0 fully saturated rings. The number of unbranched alkanes of at least 4 members (excludes halogenated alkanes) is 1. The van der Waals surface area contributed by atoms with Gasteiger partial charge in [-0.15, -0.1) is 0 Å². The average molecular weight is 631 g/mol. The maximum Gasteiger partial charge on any atom is 0.264 e. The van der Waals surface area contributed by atoms with Gasteiger partial charge in [-0.2, -0.15) is 0 Å². The van der Waals surface area contributed by atoms with Crippen LogP contribution < -0.4 is 14.4 Å². The van der Waals surface area contributed by atoms with Crippen LogP contribution in [0.1, 0.15) is 38.7 Å². The molecular weight excluding hydrogens is 594 g/mol. The number of amides is 2. The highest BCUT2D eigenvalue weighted by atomic mass is 79.9. The third-order valence-electron chi connectivity index (χ3n) is 6.43. The zero-order valence-corrected chi connectivity index (χ0v) is 25.4. The van der Waals surface area contributed by atoms with Gasteiger partial charge in [0.1, 0.15) is 18.3 Å². The molecule has 0 saturated carbocycles. The number of carbonyl (C=O) groups excluding carboxylic acids is 2. The van der Waals surface area contributed by atoms with Gasteiger partial charge in [0.25, 0.3) is 10.0 Å². The van der Waals surface area contributed by atoms with Crippen molar-refractivity contribution in [2.75, 3.05) is 24.5 Å². The SMILES string of the molecule is CCCCNC(=O)[C@H](CC)N(Cc1cccc(OC)c1)C(=O)CN(c1ccc(Br)cc1)S(=O)(=O)c1ccccc1. The highest BCUT2D eigenvalue weighted by molar-refractivity contribution is 9.10. The van der Waals surface area contributed by atoms with Crippen molar-refractivity contribution in [3.8, 4) is 5.75 Å². The number of benzene rings is 3. The maximum atomic E-state index is 14.1. The topological polar surface area (TPSA) is 96.0 Å². The number of carbonyl (C=O) groups is 2. The molecule has 0 aromatic heterocycles. The Kier molecular flexibility index (Phi) is 11.6. The van der Waals surface area contributed by atoms with Gasteiger partial charge in [-0.1, -0.05) is 66.5 Å². The van der Waals surface area contributed by atoms with Gasteiger partial charge < -0.3 is 15.0 Å². The molecule has 0 spiro atoms. The van der Waals surface area contributed by atoms with Crippen LogP contribution >= 0.6 is 15.9 Å². The molecule has 3 aromatic rings. The highest BCUT2D eigenvalue weighted by Gasteiger charge is 2.33. The fourth-order valence-corrected chi connectivity index (χ4v) is 5.95. The molecule has 0 bridgehead atoms. The molecule has 0 saturated heterocycles. The van der Waals surface area contributed by atoms with Gasteiger partial charge >= 0.3 is 0 Å². The minimum Gasteiger partial charge on any atom is -0.497 e. The van der Waals surface area contributed by atoms with Crippen LogP contribution in [0, 0.1) is 0 Å². The molecule has 8 nitrogen and oxygen atoms in total. The lowest BCUT2D eigenvalue weighted by Gasteiger charge is -2.33. The summed E-state index contributed by atoms with van der Waals surface area (Å²) in [5.74, 6) is -0.149. The number of nitrogens with one attached hydrogen (secondary N) is 1. The van der Waals surface area contributed by atoms with E-state index in [1.54, 1.807) is 61.7 Å². The lowest BCUT2D eigenvalue weighted by Crippen LogP contribution is -2.52. The summed E-state index contributed by atoms with van der Waals surface area (Å²) in [4.78, 5) is 28.8. The van der Waals surface area contributed by atoms with E-state index in [0.717, 1.165) is 27.2 Å². The smallest absolute Gasteiger partial charge is 0.264 e. The van der Waals surface area contributed by atoms with Gasteiger partial charge in [0.05, 0.1) is 17.7 Å². The van der Waals surface area contributed by atoms with E-state index in [9.17, 15) is 18.0 Å². The quantitative estimate of drug-likeness (QED) is 0.242. The number of sulfonamides is 1. The van der Waals surface area contributed by atoms with Crippen molar-refractivity contribution in [2.45, 2.75) is 50.6 Å². The van der Waals surface area contributed by atoms with E-state index in [1.807, 2.05) is 26.0 Å². The van der Waals surface area contributed by atoms with Crippen LogP contribution in [0.5, 0.6) is 5.75 Å². The van der Waals surface area contributed by atoms with E-state index in [2.05, 4.69) is 21.2 Å². The summed E-state index contributed by atoms with van der Waals surface area (Å²) in [6.45, 7) is 3.99. The van der Waals surface area contributed by atoms with Gasteiger partial charge in [0.15, 0.2) is 0 Å².